The number of fused-ring (bicyclic) bond motifs is 1. The zero-order valence-electron chi connectivity index (χ0n) is 11.1. The lowest BCUT2D eigenvalue weighted by Crippen LogP contribution is -2.22. The standard InChI is InChI=1S/C14H20N2O2/c1-15-12-8-4-5-9-13(12)16(14(15)17)10-6-3-7-11-18-2/h4-5,8-9H,3,6-7,10-11H2,1-2H3. The molecule has 18 heavy (non-hydrogen) atoms. The quantitative estimate of drug-likeness (QED) is 0.734. The highest BCUT2D eigenvalue weighted by atomic mass is 16.5. The number of aryl methyl sites for hydroxylation is 2. The number of methoxy groups -OCH3 is 1. The molecule has 0 radical (unpaired) electrons. The third-order valence-electron chi connectivity index (χ3n) is 3.28. The van der Waals surface area contributed by atoms with Gasteiger partial charge in [0.05, 0.1) is 11.0 Å². The molecule has 0 fully saturated rings. The number of para-hydroxylation sites is 2. The number of aromatic nitrogens is 2. The molecule has 1 aromatic carbocycles. The molecule has 0 unspecified atom stereocenters. The molecule has 4 heteroatoms. The predicted molar refractivity (Wildman–Crippen MR) is 72.9 cm³/mol. The second-order valence-corrected chi connectivity index (χ2v) is 4.54. The first kappa shape index (κ1) is 12.9. The molecule has 1 heterocycles. The Kier molecular flexibility index (Phi) is 4.20. The molecule has 1 aromatic heterocycles. The molecular formula is C14H20N2O2. The molecule has 0 aliphatic carbocycles. The van der Waals surface area contributed by atoms with Crippen LogP contribution in [0.2, 0.25) is 0 Å². The highest BCUT2D eigenvalue weighted by Gasteiger charge is 2.08. The summed E-state index contributed by atoms with van der Waals surface area (Å²) in [5.74, 6) is 0. The van der Waals surface area contributed by atoms with Crippen LogP contribution in [0.1, 0.15) is 19.3 Å². The van der Waals surface area contributed by atoms with Gasteiger partial charge in [-0.3, -0.25) is 9.13 Å². The van der Waals surface area contributed by atoms with E-state index in [1.807, 2.05) is 35.9 Å². The molecule has 0 saturated heterocycles. The summed E-state index contributed by atoms with van der Waals surface area (Å²) < 4.78 is 8.60. The first-order chi connectivity index (χ1) is 8.75. The van der Waals surface area contributed by atoms with Gasteiger partial charge < -0.3 is 4.74 Å². The van der Waals surface area contributed by atoms with Gasteiger partial charge in [-0.05, 0) is 31.4 Å². The molecule has 0 bridgehead atoms. The molecule has 0 amide bonds. The van der Waals surface area contributed by atoms with Crippen molar-refractivity contribution in [1.82, 2.24) is 9.13 Å². The fraction of sp³-hybridized carbons (Fsp3) is 0.500. The van der Waals surface area contributed by atoms with Crippen LogP contribution in [0.15, 0.2) is 29.1 Å². The van der Waals surface area contributed by atoms with Crippen molar-refractivity contribution in [2.75, 3.05) is 13.7 Å². The van der Waals surface area contributed by atoms with Crippen molar-refractivity contribution >= 4 is 11.0 Å². The number of unbranched alkanes of at least 4 members (excludes halogenated alkanes) is 2. The Balaban J connectivity index is 2.13. The molecule has 0 saturated carbocycles. The molecule has 0 atom stereocenters. The van der Waals surface area contributed by atoms with Crippen LogP contribution in [0.4, 0.5) is 0 Å². The monoisotopic (exact) mass is 248 g/mol. The number of imidazole rings is 1. The third kappa shape index (κ3) is 2.48. The Labute approximate surface area is 107 Å². The van der Waals surface area contributed by atoms with Gasteiger partial charge in [0.2, 0.25) is 0 Å². The summed E-state index contributed by atoms with van der Waals surface area (Å²) in [5, 5.41) is 0. The minimum Gasteiger partial charge on any atom is -0.385 e. The number of nitrogens with zero attached hydrogens (tertiary/aromatic N) is 2. The van der Waals surface area contributed by atoms with Gasteiger partial charge in [0, 0.05) is 27.3 Å². The summed E-state index contributed by atoms with van der Waals surface area (Å²) in [6, 6.07) is 7.93. The van der Waals surface area contributed by atoms with E-state index in [1.165, 1.54) is 0 Å². The second-order valence-electron chi connectivity index (χ2n) is 4.54. The minimum absolute atomic E-state index is 0.0722. The van der Waals surface area contributed by atoms with Crippen LogP contribution in [-0.4, -0.2) is 22.9 Å². The number of hydrogen-bond donors (Lipinski definition) is 0. The number of ether oxygens (including phenoxy) is 1. The third-order valence-corrected chi connectivity index (χ3v) is 3.28. The molecule has 0 spiro atoms. The van der Waals surface area contributed by atoms with Gasteiger partial charge in [0.25, 0.3) is 0 Å². The maximum atomic E-state index is 12.1. The Bertz CT molecular complexity index is 569. The van der Waals surface area contributed by atoms with Crippen LogP contribution >= 0.6 is 0 Å². The van der Waals surface area contributed by atoms with Crippen molar-refractivity contribution in [1.29, 1.82) is 0 Å². The summed E-state index contributed by atoms with van der Waals surface area (Å²) in [7, 11) is 3.54. The fourth-order valence-electron chi connectivity index (χ4n) is 2.27. The van der Waals surface area contributed by atoms with Crippen LogP contribution in [0.3, 0.4) is 0 Å². The Morgan fingerprint density at radius 3 is 2.56 bits per heavy atom. The Hall–Kier alpha value is -1.55. The van der Waals surface area contributed by atoms with Crippen molar-refractivity contribution in [3.63, 3.8) is 0 Å². The summed E-state index contributed by atoms with van der Waals surface area (Å²) in [4.78, 5) is 12.1. The van der Waals surface area contributed by atoms with E-state index in [0.29, 0.717) is 0 Å². The highest BCUT2D eigenvalue weighted by molar-refractivity contribution is 5.75. The summed E-state index contributed by atoms with van der Waals surface area (Å²) >= 11 is 0. The van der Waals surface area contributed by atoms with E-state index in [-0.39, 0.29) is 5.69 Å². The maximum absolute atomic E-state index is 12.1. The molecule has 98 valence electrons. The molecule has 2 rings (SSSR count). The van der Waals surface area contributed by atoms with E-state index in [1.54, 1.807) is 11.7 Å². The zero-order valence-corrected chi connectivity index (χ0v) is 11.1. The summed E-state index contributed by atoms with van der Waals surface area (Å²) in [6.07, 6.45) is 3.15. The van der Waals surface area contributed by atoms with Gasteiger partial charge >= 0.3 is 5.69 Å². The van der Waals surface area contributed by atoms with Crippen molar-refractivity contribution in [3.05, 3.63) is 34.7 Å². The van der Waals surface area contributed by atoms with E-state index in [9.17, 15) is 4.79 Å². The summed E-state index contributed by atoms with van der Waals surface area (Å²) in [6.45, 7) is 1.58. The average Bonchev–Trinajstić information content (AvgIpc) is 2.64. The Morgan fingerprint density at radius 2 is 1.83 bits per heavy atom. The largest absolute Gasteiger partial charge is 0.385 e. The number of hydrogen-bond acceptors (Lipinski definition) is 2. The van der Waals surface area contributed by atoms with Gasteiger partial charge in [0.1, 0.15) is 0 Å². The minimum atomic E-state index is 0.0722. The van der Waals surface area contributed by atoms with Crippen LogP contribution in [0, 0.1) is 0 Å². The van der Waals surface area contributed by atoms with E-state index in [2.05, 4.69) is 0 Å². The lowest BCUT2D eigenvalue weighted by atomic mass is 10.2. The molecule has 2 aromatic rings. The van der Waals surface area contributed by atoms with Crippen molar-refractivity contribution in [3.8, 4) is 0 Å². The van der Waals surface area contributed by atoms with Crippen LogP contribution < -0.4 is 5.69 Å². The highest BCUT2D eigenvalue weighted by Crippen LogP contribution is 2.12. The maximum Gasteiger partial charge on any atom is 0.328 e. The van der Waals surface area contributed by atoms with Gasteiger partial charge in [-0.2, -0.15) is 0 Å². The summed E-state index contributed by atoms with van der Waals surface area (Å²) in [5.41, 5.74) is 2.10. The molecule has 0 aliphatic heterocycles. The van der Waals surface area contributed by atoms with Crippen molar-refractivity contribution < 1.29 is 4.74 Å². The van der Waals surface area contributed by atoms with Crippen molar-refractivity contribution in [2.45, 2.75) is 25.8 Å². The second kappa shape index (κ2) is 5.87. The van der Waals surface area contributed by atoms with Gasteiger partial charge in [-0.15, -0.1) is 0 Å². The Morgan fingerprint density at radius 1 is 1.11 bits per heavy atom. The number of rotatable bonds is 6. The van der Waals surface area contributed by atoms with Crippen LogP contribution in [0.5, 0.6) is 0 Å². The molecular weight excluding hydrogens is 228 g/mol. The molecule has 0 aliphatic rings. The van der Waals surface area contributed by atoms with Gasteiger partial charge in [0.15, 0.2) is 0 Å². The normalized spacial score (nSPS) is 11.2. The first-order valence-corrected chi connectivity index (χ1v) is 6.39. The van der Waals surface area contributed by atoms with E-state index in [0.717, 1.165) is 43.4 Å². The van der Waals surface area contributed by atoms with Crippen LogP contribution in [-0.2, 0) is 18.3 Å². The lowest BCUT2D eigenvalue weighted by Gasteiger charge is -2.03. The number of benzene rings is 1. The zero-order chi connectivity index (χ0) is 13.0. The topological polar surface area (TPSA) is 36.2 Å². The smallest absolute Gasteiger partial charge is 0.328 e. The average molecular weight is 248 g/mol. The fourth-order valence-corrected chi connectivity index (χ4v) is 2.27. The van der Waals surface area contributed by atoms with E-state index >= 15 is 0 Å². The van der Waals surface area contributed by atoms with Crippen molar-refractivity contribution in [2.24, 2.45) is 7.05 Å². The predicted octanol–water partition coefficient (Wildman–Crippen LogP) is 2.16. The SMILES string of the molecule is COCCCCCn1c(=O)n(C)c2ccccc21. The molecule has 0 N–H and O–H groups in total. The van der Waals surface area contributed by atoms with E-state index in [4.69, 9.17) is 4.74 Å². The first-order valence-electron chi connectivity index (χ1n) is 6.39. The lowest BCUT2D eigenvalue weighted by molar-refractivity contribution is 0.191. The van der Waals surface area contributed by atoms with Gasteiger partial charge in [-0.1, -0.05) is 12.1 Å². The van der Waals surface area contributed by atoms with Gasteiger partial charge in [-0.25, -0.2) is 4.79 Å². The molecule has 4 nitrogen and oxygen atoms in total. The van der Waals surface area contributed by atoms with E-state index < -0.39 is 0 Å². The van der Waals surface area contributed by atoms with Crippen LogP contribution in [0.25, 0.3) is 11.0 Å².